The van der Waals surface area contributed by atoms with Gasteiger partial charge in [0.1, 0.15) is 0 Å². The molecule has 0 fully saturated rings. The third kappa shape index (κ3) is 1.34. The van der Waals surface area contributed by atoms with E-state index in [4.69, 9.17) is 0 Å². The largest absolute Gasteiger partial charge is 0.261 e. The van der Waals surface area contributed by atoms with E-state index in [0.29, 0.717) is 0 Å². The predicted molar refractivity (Wildman–Crippen MR) is 66.5 cm³/mol. The number of rotatable bonds is 0. The molecule has 0 bridgehead atoms. The van der Waals surface area contributed by atoms with Crippen molar-refractivity contribution in [3.63, 3.8) is 0 Å². The summed E-state index contributed by atoms with van der Waals surface area (Å²) in [4.78, 5) is 8.64. The van der Waals surface area contributed by atoms with Gasteiger partial charge in [0.2, 0.25) is 0 Å². The minimum Gasteiger partial charge on any atom is -0.261 e. The molecule has 0 aliphatic heterocycles. The summed E-state index contributed by atoms with van der Waals surface area (Å²) in [5.41, 5.74) is 2.10. The quantitative estimate of drug-likeness (QED) is 0.529. The van der Waals surface area contributed by atoms with Crippen molar-refractivity contribution in [2.45, 2.75) is 13.8 Å². The van der Waals surface area contributed by atoms with Crippen molar-refractivity contribution in [3.8, 4) is 0 Å². The number of benzene rings is 1. The first-order valence-electron chi connectivity index (χ1n) is 5.36. The van der Waals surface area contributed by atoms with Crippen LogP contribution in [0.1, 0.15) is 11.4 Å². The zero-order valence-electron chi connectivity index (χ0n) is 9.36. The molecule has 2 aromatic heterocycles. The molecule has 0 radical (unpaired) electrons. The highest BCUT2D eigenvalue weighted by Gasteiger charge is 2.02. The second-order valence-corrected chi connectivity index (χ2v) is 4.16. The molecule has 0 atom stereocenters. The van der Waals surface area contributed by atoms with Crippen LogP contribution in [0.25, 0.3) is 21.5 Å². The summed E-state index contributed by atoms with van der Waals surface area (Å²) in [5, 5.41) is 4.89. The number of pyridine rings is 2. The van der Waals surface area contributed by atoms with Gasteiger partial charge in [-0.3, -0.25) is 9.97 Å². The van der Waals surface area contributed by atoms with E-state index in [1.54, 1.807) is 0 Å². The van der Waals surface area contributed by atoms with Crippen LogP contribution in [0.4, 0.5) is 0 Å². The Morgan fingerprint density at radius 1 is 0.750 bits per heavy atom. The van der Waals surface area contributed by atoms with Crippen molar-refractivity contribution < 1.29 is 0 Å². The maximum absolute atomic E-state index is 4.32. The minimum atomic E-state index is 1.05. The second kappa shape index (κ2) is 3.27. The van der Waals surface area contributed by atoms with Crippen molar-refractivity contribution in [3.05, 3.63) is 48.0 Å². The lowest BCUT2D eigenvalue weighted by Gasteiger charge is -2.04. The number of hydrogen-bond donors (Lipinski definition) is 0. The van der Waals surface area contributed by atoms with E-state index in [0.717, 1.165) is 11.4 Å². The summed E-state index contributed by atoms with van der Waals surface area (Å²) in [5.74, 6) is 0. The molecule has 0 spiro atoms. The molecule has 0 saturated carbocycles. The van der Waals surface area contributed by atoms with E-state index in [9.17, 15) is 0 Å². The molecule has 2 heteroatoms. The maximum Gasteiger partial charge on any atom is 0.0379 e. The Morgan fingerprint density at radius 3 is 1.62 bits per heavy atom. The van der Waals surface area contributed by atoms with Crippen LogP contribution in [0, 0.1) is 13.8 Å². The number of fused-ring (bicyclic) bond motifs is 3. The second-order valence-electron chi connectivity index (χ2n) is 4.16. The molecule has 2 heterocycles. The molecule has 0 N–H and O–H groups in total. The number of nitrogens with zero attached hydrogens (tertiary/aromatic N) is 2. The zero-order chi connectivity index (χ0) is 11.1. The van der Waals surface area contributed by atoms with E-state index in [2.05, 4.69) is 34.2 Å². The third-order valence-corrected chi connectivity index (χ3v) is 2.88. The fraction of sp³-hybridized carbons (Fsp3) is 0.143. The van der Waals surface area contributed by atoms with Gasteiger partial charge in [-0.25, -0.2) is 0 Å². The minimum absolute atomic E-state index is 1.05. The summed E-state index contributed by atoms with van der Waals surface area (Å²) in [6.45, 7) is 4.04. The predicted octanol–water partition coefficient (Wildman–Crippen LogP) is 3.40. The maximum atomic E-state index is 4.32. The zero-order valence-corrected chi connectivity index (χ0v) is 9.36. The monoisotopic (exact) mass is 208 g/mol. The van der Waals surface area contributed by atoms with Crippen molar-refractivity contribution in [1.29, 1.82) is 0 Å². The normalized spacial score (nSPS) is 11.1. The number of aryl methyl sites for hydroxylation is 2. The van der Waals surface area contributed by atoms with E-state index in [1.807, 2.05) is 26.2 Å². The summed E-state index contributed by atoms with van der Waals surface area (Å²) < 4.78 is 0. The molecule has 78 valence electrons. The van der Waals surface area contributed by atoms with Gasteiger partial charge in [0, 0.05) is 34.6 Å². The van der Waals surface area contributed by atoms with Crippen LogP contribution in [0.2, 0.25) is 0 Å². The first-order chi connectivity index (χ1) is 7.74. The highest BCUT2D eigenvalue weighted by atomic mass is 14.7. The summed E-state index contributed by atoms with van der Waals surface area (Å²) in [7, 11) is 0. The highest BCUT2D eigenvalue weighted by Crippen LogP contribution is 2.25. The molecule has 3 rings (SSSR count). The molecular weight excluding hydrogens is 196 g/mol. The Balaban J connectivity index is 2.55. The third-order valence-electron chi connectivity index (χ3n) is 2.88. The number of aromatic nitrogens is 2. The fourth-order valence-electron chi connectivity index (χ4n) is 2.05. The van der Waals surface area contributed by atoms with Crippen LogP contribution in [0.3, 0.4) is 0 Å². The van der Waals surface area contributed by atoms with Gasteiger partial charge in [0.25, 0.3) is 0 Å². The molecule has 0 unspecified atom stereocenters. The van der Waals surface area contributed by atoms with Crippen LogP contribution in [0.15, 0.2) is 36.7 Å². The lowest BCUT2D eigenvalue weighted by molar-refractivity contribution is 1.22. The molecular formula is C14H12N2. The Hall–Kier alpha value is -1.96. The van der Waals surface area contributed by atoms with E-state index in [-0.39, 0.29) is 0 Å². The molecule has 3 aromatic rings. The lowest BCUT2D eigenvalue weighted by atomic mass is 10.0. The molecule has 0 aliphatic rings. The summed E-state index contributed by atoms with van der Waals surface area (Å²) in [6.07, 6.45) is 3.86. The summed E-state index contributed by atoms with van der Waals surface area (Å²) >= 11 is 0. The van der Waals surface area contributed by atoms with E-state index < -0.39 is 0 Å². The van der Waals surface area contributed by atoms with Crippen molar-refractivity contribution in [1.82, 2.24) is 9.97 Å². The molecule has 16 heavy (non-hydrogen) atoms. The molecule has 1 aromatic carbocycles. The first kappa shape index (κ1) is 9.28. The highest BCUT2D eigenvalue weighted by molar-refractivity contribution is 6.07. The van der Waals surface area contributed by atoms with Crippen molar-refractivity contribution in [2.75, 3.05) is 0 Å². The Labute approximate surface area is 94.0 Å². The average molecular weight is 208 g/mol. The van der Waals surface area contributed by atoms with E-state index in [1.165, 1.54) is 21.5 Å². The van der Waals surface area contributed by atoms with Gasteiger partial charge in [-0.05, 0) is 36.8 Å². The standard InChI is InChI=1S/C14H12N2/c1-9-5-13-11(7-15-9)3-4-12-8-16-10(2)6-14(12)13/h3-8H,1-2H3. The van der Waals surface area contributed by atoms with Crippen molar-refractivity contribution in [2.24, 2.45) is 0 Å². The Morgan fingerprint density at radius 2 is 1.19 bits per heavy atom. The molecule has 0 saturated heterocycles. The van der Waals surface area contributed by atoms with Gasteiger partial charge in [0.05, 0.1) is 0 Å². The molecule has 2 nitrogen and oxygen atoms in total. The van der Waals surface area contributed by atoms with Gasteiger partial charge < -0.3 is 0 Å². The van der Waals surface area contributed by atoms with Gasteiger partial charge in [-0.2, -0.15) is 0 Å². The van der Waals surface area contributed by atoms with Gasteiger partial charge in [-0.1, -0.05) is 12.1 Å². The fourth-order valence-corrected chi connectivity index (χ4v) is 2.05. The van der Waals surface area contributed by atoms with E-state index >= 15 is 0 Å². The van der Waals surface area contributed by atoms with Gasteiger partial charge in [-0.15, -0.1) is 0 Å². The molecule has 0 amide bonds. The van der Waals surface area contributed by atoms with Crippen LogP contribution >= 0.6 is 0 Å². The number of hydrogen-bond acceptors (Lipinski definition) is 2. The SMILES string of the molecule is Cc1cc2c(ccc3cnc(C)cc32)cn1. The Kier molecular flexibility index (Phi) is 1.90. The van der Waals surface area contributed by atoms with Crippen LogP contribution < -0.4 is 0 Å². The average Bonchev–Trinajstić information content (AvgIpc) is 2.29. The van der Waals surface area contributed by atoms with Crippen LogP contribution in [0.5, 0.6) is 0 Å². The van der Waals surface area contributed by atoms with Crippen LogP contribution in [-0.2, 0) is 0 Å². The lowest BCUT2D eigenvalue weighted by Crippen LogP contribution is -1.85. The smallest absolute Gasteiger partial charge is 0.0379 e. The molecule has 0 aliphatic carbocycles. The topological polar surface area (TPSA) is 25.8 Å². The Bertz CT molecular complexity index is 626. The van der Waals surface area contributed by atoms with Gasteiger partial charge in [0.15, 0.2) is 0 Å². The summed E-state index contributed by atoms with van der Waals surface area (Å²) in [6, 6.07) is 8.47. The van der Waals surface area contributed by atoms with Crippen molar-refractivity contribution >= 4 is 21.5 Å². The first-order valence-corrected chi connectivity index (χ1v) is 5.36. The van der Waals surface area contributed by atoms with Crippen LogP contribution in [-0.4, -0.2) is 9.97 Å². The van der Waals surface area contributed by atoms with Gasteiger partial charge >= 0.3 is 0 Å².